The predicted molar refractivity (Wildman–Crippen MR) is 143 cm³/mol. The molecule has 1 aromatic heterocycles. The van der Waals surface area contributed by atoms with E-state index in [4.69, 9.17) is 0 Å². The average molecular weight is 535 g/mol. The Labute approximate surface area is 217 Å². The van der Waals surface area contributed by atoms with E-state index in [1.807, 2.05) is 30.3 Å². The van der Waals surface area contributed by atoms with Crippen molar-refractivity contribution < 1.29 is 22.8 Å². The summed E-state index contributed by atoms with van der Waals surface area (Å²) in [4.78, 5) is 44.0. The molecule has 2 heterocycles. The fraction of sp³-hybridized carbons (Fsp3) is 0.154. The molecule has 1 unspecified atom stereocenters. The largest absolute Gasteiger partial charge is 0.326 e. The lowest BCUT2D eigenvalue weighted by Crippen LogP contribution is -2.28. The van der Waals surface area contributed by atoms with Gasteiger partial charge in [0.15, 0.2) is 15.0 Å². The Morgan fingerprint density at radius 3 is 2.43 bits per heavy atom. The zero-order valence-electron chi connectivity index (χ0n) is 19.7. The summed E-state index contributed by atoms with van der Waals surface area (Å²) in [5.41, 5.74) is 2.23. The molecule has 9 nitrogen and oxygen atoms in total. The van der Waals surface area contributed by atoms with Crippen LogP contribution in [0.3, 0.4) is 0 Å². The van der Waals surface area contributed by atoms with Crippen LogP contribution in [0, 0.1) is 5.92 Å². The third-order valence-electron chi connectivity index (χ3n) is 5.99. The number of rotatable bonds is 6. The number of benzene rings is 3. The summed E-state index contributed by atoms with van der Waals surface area (Å²) in [6.45, 7) is 0.309. The molecule has 2 N–H and O–H groups in total. The lowest BCUT2D eigenvalue weighted by Gasteiger charge is -2.16. The molecule has 1 fully saturated rings. The van der Waals surface area contributed by atoms with E-state index in [1.165, 1.54) is 23.5 Å². The smallest absolute Gasteiger partial charge is 0.257 e. The van der Waals surface area contributed by atoms with Crippen molar-refractivity contribution >= 4 is 65.6 Å². The molecule has 0 radical (unpaired) electrons. The Morgan fingerprint density at radius 2 is 1.73 bits per heavy atom. The van der Waals surface area contributed by atoms with Gasteiger partial charge in [-0.1, -0.05) is 29.5 Å². The quantitative estimate of drug-likeness (QED) is 0.386. The van der Waals surface area contributed by atoms with Crippen LogP contribution in [0.25, 0.3) is 10.2 Å². The molecule has 188 valence electrons. The van der Waals surface area contributed by atoms with Gasteiger partial charge in [0.05, 0.1) is 21.0 Å². The fourth-order valence-corrected chi connectivity index (χ4v) is 5.67. The first-order valence-corrected chi connectivity index (χ1v) is 14.1. The second-order valence-corrected chi connectivity index (χ2v) is 11.7. The minimum Gasteiger partial charge on any atom is -0.326 e. The molecule has 1 atom stereocenters. The summed E-state index contributed by atoms with van der Waals surface area (Å²) in [5, 5.41) is 5.89. The summed E-state index contributed by atoms with van der Waals surface area (Å²) in [6.07, 6.45) is 1.27. The van der Waals surface area contributed by atoms with E-state index in [2.05, 4.69) is 15.6 Å². The zero-order chi connectivity index (χ0) is 26.2. The van der Waals surface area contributed by atoms with E-state index in [0.717, 1.165) is 11.9 Å². The molecule has 11 heteroatoms. The van der Waals surface area contributed by atoms with Gasteiger partial charge in [-0.2, -0.15) is 0 Å². The summed E-state index contributed by atoms with van der Waals surface area (Å²) in [6, 6.07) is 20.3. The number of sulfone groups is 1. The van der Waals surface area contributed by atoms with Crippen LogP contribution in [0.2, 0.25) is 0 Å². The van der Waals surface area contributed by atoms with E-state index >= 15 is 0 Å². The van der Waals surface area contributed by atoms with E-state index in [9.17, 15) is 22.8 Å². The molecular formula is C26H22N4O5S2. The number of nitrogens with zero attached hydrogens (tertiary/aromatic N) is 2. The van der Waals surface area contributed by atoms with Crippen LogP contribution < -0.4 is 15.5 Å². The van der Waals surface area contributed by atoms with E-state index < -0.39 is 15.8 Å². The number of para-hydroxylation sites is 1. The molecule has 1 saturated heterocycles. The van der Waals surface area contributed by atoms with Crippen molar-refractivity contribution in [3.05, 3.63) is 78.4 Å². The molecule has 0 spiro atoms. The standard InChI is InChI=1S/C26H22N4O5S2/c1-37(34,35)20-11-12-21-22(14-20)36-26(28-21)29-24(32)16-7-9-18(10-8-16)27-25(33)17-13-23(31)30(15-17)19-5-3-2-4-6-19/h2-12,14,17H,13,15H2,1H3,(H,27,33)(H,28,29,32). The van der Waals surface area contributed by atoms with Crippen molar-refractivity contribution in [3.63, 3.8) is 0 Å². The normalized spacial score (nSPS) is 15.6. The number of carbonyl (C=O) groups is 3. The summed E-state index contributed by atoms with van der Waals surface area (Å²) in [5.74, 6) is -1.22. The monoisotopic (exact) mass is 534 g/mol. The number of fused-ring (bicyclic) bond motifs is 1. The second kappa shape index (κ2) is 9.75. The van der Waals surface area contributed by atoms with Gasteiger partial charge < -0.3 is 10.2 Å². The lowest BCUT2D eigenvalue weighted by molar-refractivity contribution is -0.122. The molecule has 3 amide bonds. The Kier molecular flexibility index (Phi) is 6.48. The number of thiazole rings is 1. The molecule has 0 saturated carbocycles. The number of carbonyl (C=O) groups excluding carboxylic acids is 3. The van der Waals surface area contributed by atoms with Crippen LogP contribution in [-0.4, -0.2) is 43.9 Å². The number of hydrogen-bond donors (Lipinski definition) is 2. The fourth-order valence-electron chi connectivity index (χ4n) is 4.05. The maximum Gasteiger partial charge on any atom is 0.257 e. The molecule has 1 aliphatic heterocycles. The molecule has 1 aliphatic rings. The zero-order valence-corrected chi connectivity index (χ0v) is 21.3. The maximum absolute atomic E-state index is 12.8. The molecule has 4 aromatic rings. The van der Waals surface area contributed by atoms with Crippen LogP contribution in [-0.2, 0) is 19.4 Å². The third kappa shape index (κ3) is 5.37. The van der Waals surface area contributed by atoms with Gasteiger partial charge in [0, 0.05) is 36.2 Å². The van der Waals surface area contributed by atoms with Crippen molar-refractivity contribution in [1.82, 2.24) is 4.98 Å². The molecule has 3 aromatic carbocycles. The first kappa shape index (κ1) is 24.6. The minimum atomic E-state index is -3.35. The third-order valence-corrected chi connectivity index (χ3v) is 8.03. The van der Waals surface area contributed by atoms with Crippen LogP contribution in [0.1, 0.15) is 16.8 Å². The molecule has 0 aliphatic carbocycles. The lowest BCUT2D eigenvalue weighted by atomic mass is 10.1. The SMILES string of the molecule is CS(=O)(=O)c1ccc2nc(NC(=O)c3ccc(NC(=O)C4CC(=O)N(c5ccccc5)C4)cc3)sc2c1. The van der Waals surface area contributed by atoms with Crippen molar-refractivity contribution in [2.75, 3.05) is 28.3 Å². The minimum absolute atomic E-state index is 0.0965. The van der Waals surface area contributed by atoms with E-state index in [-0.39, 0.29) is 29.0 Å². The Morgan fingerprint density at radius 1 is 1.00 bits per heavy atom. The summed E-state index contributed by atoms with van der Waals surface area (Å²) in [7, 11) is -3.35. The highest BCUT2D eigenvalue weighted by atomic mass is 32.2. The van der Waals surface area contributed by atoms with E-state index in [0.29, 0.717) is 33.1 Å². The van der Waals surface area contributed by atoms with Gasteiger partial charge in [0.2, 0.25) is 11.8 Å². The number of amides is 3. The van der Waals surface area contributed by atoms with E-state index in [1.54, 1.807) is 35.2 Å². The number of anilines is 3. The van der Waals surface area contributed by atoms with Gasteiger partial charge >= 0.3 is 0 Å². The number of hydrogen-bond acceptors (Lipinski definition) is 7. The van der Waals surface area contributed by atoms with Gasteiger partial charge in [-0.15, -0.1) is 0 Å². The molecular weight excluding hydrogens is 512 g/mol. The van der Waals surface area contributed by atoms with Gasteiger partial charge in [-0.25, -0.2) is 13.4 Å². The Hall–Kier alpha value is -4.09. The molecule has 37 heavy (non-hydrogen) atoms. The molecule has 0 bridgehead atoms. The van der Waals surface area contributed by atoms with Crippen LogP contribution in [0.4, 0.5) is 16.5 Å². The van der Waals surface area contributed by atoms with Crippen LogP contribution in [0.15, 0.2) is 77.7 Å². The first-order valence-electron chi connectivity index (χ1n) is 11.4. The van der Waals surface area contributed by atoms with Crippen LogP contribution >= 0.6 is 11.3 Å². The van der Waals surface area contributed by atoms with Gasteiger partial charge in [-0.05, 0) is 54.6 Å². The van der Waals surface area contributed by atoms with Gasteiger partial charge in [0.1, 0.15) is 0 Å². The topological polar surface area (TPSA) is 126 Å². The Bertz CT molecular complexity index is 1620. The highest BCUT2D eigenvalue weighted by Crippen LogP contribution is 2.29. The highest BCUT2D eigenvalue weighted by molar-refractivity contribution is 7.90. The first-order chi connectivity index (χ1) is 17.7. The second-order valence-electron chi connectivity index (χ2n) is 8.68. The summed E-state index contributed by atoms with van der Waals surface area (Å²) >= 11 is 1.18. The summed E-state index contributed by atoms with van der Waals surface area (Å²) < 4.78 is 24.2. The number of nitrogens with one attached hydrogen (secondary N) is 2. The van der Waals surface area contributed by atoms with Crippen LogP contribution in [0.5, 0.6) is 0 Å². The van der Waals surface area contributed by atoms with Crippen molar-refractivity contribution in [3.8, 4) is 0 Å². The average Bonchev–Trinajstić information content (AvgIpc) is 3.46. The Balaban J connectivity index is 1.21. The van der Waals surface area contributed by atoms with Gasteiger partial charge in [0.25, 0.3) is 5.91 Å². The van der Waals surface area contributed by atoms with Gasteiger partial charge in [-0.3, -0.25) is 19.7 Å². The van der Waals surface area contributed by atoms with Crippen molar-refractivity contribution in [2.24, 2.45) is 5.92 Å². The van der Waals surface area contributed by atoms with Crippen molar-refractivity contribution in [1.29, 1.82) is 0 Å². The number of aromatic nitrogens is 1. The molecule has 5 rings (SSSR count). The maximum atomic E-state index is 12.8. The van der Waals surface area contributed by atoms with Crippen molar-refractivity contribution in [2.45, 2.75) is 11.3 Å². The highest BCUT2D eigenvalue weighted by Gasteiger charge is 2.35. The predicted octanol–water partition coefficient (Wildman–Crippen LogP) is 3.94.